The third-order valence-electron chi connectivity index (χ3n) is 2.61. The largest absolute Gasteiger partial charge is 0.347 e. The first-order chi connectivity index (χ1) is 10.9. The van der Waals surface area contributed by atoms with E-state index in [4.69, 9.17) is 0 Å². The van der Waals surface area contributed by atoms with Crippen molar-refractivity contribution in [2.45, 2.75) is 19.4 Å². The zero-order valence-corrected chi connectivity index (χ0v) is 14.9. The molecule has 0 aliphatic heterocycles. The molecular weight excluding hydrogens is 354 g/mol. The van der Waals surface area contributed by atoms with E-state index < -0.39 is 37.4 Å². The highest BCUT2D eigenvalue weighted by Gasteiger charge is 2.31. The molecule has 0 saturated heterocycles. The van der Waals surface area contributed by atoms with Crippen molar-refractivity contribution in [3.63, 3.8) is 0 Å². The Morgan fingerprint density at radius 3 is 2.33 bits per heavy atom. The molecule has 24 heavy (non-hydrogen) atoms. The molecule has 0 aromatic heterocycles. The van der Waals surface area contributed by atoms with E-state index in [-0.39, 0.29) is 0 Å². The van der Waals surface area contributed by atoms with Gasteiger partial charge >= 0.3 is 10.1 Å². The van der Waals surface area contributed by atoms with Crippen LogP contribution >= 0.6 is 0 Å². The van der Waals surface area contributed by atoms with Crippen molar-refractivity contribution in [1.82, 2.24) is 5.32 Å². The Kier molecular flexibility index (Phi) is 6.47. The summed E-state index contributed by atoms with van der Waals surface area (Å²) in [6.07, 6.45) is 2.20. The van der Waals surface area contributed by atoms with Gasteiger partial charge in [-0.05, 0) is 31.6 Å². The molecule has 0 saturated carbocycles. The van der Waals surface area contributed by atoms with Gasteiger partial charge in [-0.1, -0.05) is 36.9 Å². The molecule has 0 radical (unpaired) electrons. The molecule has 132 valence electrons. The minimum Gasteiger partial charge on any atom is -0.347 e. The number of nitrogens with one attached hydrogen (secondary N) is 1. The van der Waals surface area contributed by atoms with Crippen molar-refractivity contribution in [3.05, 3.63) is 54.0 Å². The molecule has 0 fully saturated rings. The molecule has 1 N–H and O–H groups in total. The van der Waals surface area contributed by atoms with Gasteiger partial charge in [-0.3, -0.25) is 4.79 Å². The highest BCUT2D eigenvalue weighted by Crippen LogP contribution is 2.13. The van der Waals surface area contributed by atoms with Crippen LogP contribution in [0, 0.1) is 0 Å². The number of carbonyl (C=O) groups is 1. The molecule has 0 spiro atoms. The van der Waals surface area contributed by atoms with Gasteiger partial charge in [-0.2, -0.15) is 16.8 Å². The predicted octanol–water partition coefficient (Wildman–Crippen LogP) is 1.41. The Morgan fingerprint density at radius 2 is 1.79 bits per heavy atom. The number of hydrogen-bond donors (Lipinski definition) is 1. The van der Waals surface area contributed by atoms with Gasteiger partial charge in [-0.15, -0.1) is 3.63 Å². The van der Waals surface area contributed by atoms with Gasteiger partial charge in [0.15, 0.2) is 0 Å². The lowest BCUT2D eigenvalue weighted by molar-refractivity contribution is -0.117. The Balaban J connectivity index is 2.83. The van der Waals surface area contributed by atoms with Crippen LogP contribution in [0.2, 0.25) is 0 Å². The Labute approximate surface area is 142 Å². The molecular formula is C15H19NO6S2. The van der Waals surface area contributed by atoms with Crippen molar-refractivity contribution in [2.24, 2.45) is 0 Å². The maximum absolute atomic E-state index is 11.9. The van der Waals surface area contributed by atoms with Crippen LogP contribution in [0.5, 0.6) is 0 Å². The van der Waals surface area contributed by atoms with Crippen molar-refractivity contribution in [1.29, 1.82) is 0 Å². The van der Waals surface area contributed by atoms with E-state index in [0.29, 0.717) is 11.0 Å². The fraction of sp³-hybridized carbons (Fsp3) is 0.267. The van der Waals surface area contributed by atoms with E-state index in [1.54, 1.807) is 30.3 Å². The monoisotopic (exact) mass is 373 g/mol. The number of amides is 1. The first kappa shape index (κ1) is 20.1. The number of benzene rings is 1. The molecule has 1 aromatic rings. The molecule has 0 bridgehead atoms. The average molecular weight is 373 g/mol. The first-order valence-electron chi connectivity index (χ1n) is 6.81. The van der Waals surface area contributed by atoms with E-state index >= 15 is 0 Å². The van der Waals surface area contributed by atoms with Crippen LogP contribution < -0.4 is 5.32 Å². The minimum atomic E-state index is -4.45. The molecule has 0 atom stereocenters. The van der Waals surface area contributed by atoms with E-state index in [1.165, 1.54) is 19.9 Å². The van der Waals surface area contributed by atoms with Gasteiger partial charge in [0, 0.05) is 0 Å². The summed E-state index contributed by atoms with van der Waals surface area (Å²) in [5.41, 5.74) is -0.663. The van der Waals surface area contributed by atoms with Crippen LogP contribution in [-0.2, 0) is 28.7 Å². The lowest BCUT2D eigenvalue weighted by atomic mass is 10.1. The second kappa shape index (κ2) is 7.73. The van der Waals surface area contributed by atoms with Gasteiger partial charge in [0.05, 0.1) is 16.7 Å². The van der Waals surface area contributed by atoms with Gasteiger partial charge < -0.3 is 5.32 Å². The molecule has 0 aliphatic carbocycles. The Morgan fingerprint density at radius 1 is 1.21 bits per heavy atom. The Bertz CT molecular complexity index is 824. The van der Waals surface area contributed by atoms with Crippen molar-refractivity contribution >= 4 is 32.2 Å². The quantitative estimate of drug-likeness (QED) is 0.691. The molecule has 7 nitrogen and oxygen atoms in total. The summed E-state index contributed by atoms with van der Waals surface area (Å²) in [5, 5.41) is 3.04. The maximum atomic E-state index is 11.9. The topological polar surface area (TPSA) is 107 Å². The molecule has 1 rings (SSSR count). The van der Waals surface area contributed by atoms with Crippen LogP contribution in [0.3, 0.4) is 0 Å². The molecule has 9 heteroatoms. The summed E-state index contributed by atoms with van der Waals surface area (Å²) in [4.78, 5) is 11.3. The SMILES string of the molecule is C=CC(=O)NC(C)(C)CS(=O)(=O)OS(=O)(=O)C=Cc1ccccc1. The zero-order valence-electron chi connectivity index (χ0n) is 13.3. The maximum Gasteiger partial charge on any atom is 0.304 e. The molecule has 1 aromatic carbocycles. The average Bonchev–Trinajstić information content (AvgIpc) is 2.43. The second-order valence-corrected chi connectivity index (χ2v) is 8.76. The van der Waals surface area contributed by atoms with E-state index in [9.17, 15) is 21.6 Å². The smallest absolute Gasteiger partial charge is 0.304 e. The minimum absolute atomic E-state index is 0.570. The van der Waals surface area contributed by atoms with E-state index in [0.717, 1.165) is 6.08 Å². The van der Waals surface area contributed by atoms with Gasteiger partial charge in [0.2, 0.25) is 5.91 Å². The van der Waals surface area contributed by atoms with Gasteiger partial charge in [0.25, 0.3) is 10.1 Å². The van der Waals surface area contributed by atoms with Crippen molar-refractivity contribution in [3.8, 4) is 0 Å². The molecule has 0 unspecified atom stereocenters. The van der Waals surface area contributed by atoms with Crippen molar-refractivity contribution < 1.29 is 25.3 Å². The standard InChI is InChI=1S/C15H19NO6S2/c1-4-14(17)16-15(2,3)12-24(20,21)22-23(18,19)11-10-13-8-6-5-7-9-13/h4-11H,1,12H2,2-3H3,(H,16,17). The highest BCUT2D eigenvalue weighted by molar-refractivity contribution is 8.01. The third kappa shape index (κ3) is 7.53. The predicted molar refractivity (Wildman–Crippen MR) is 91.7 cm³/mol. The summed E-state index contributed by atoms with van der Waals surface area (Å²) in [7, 11) is -8.89. The summed E-state index contributed by atoms with van der Waals surface area (Å²) < 4.78 is 51.7. The Hall–Kier alpha value is -1.97. The number of carbonyl (C=O) groups excluding carboxylic acids is 1. The lowest BCUT2D eigenvalue weighted by Gasteiger charge is -2.24. The summed E-state index contributed by atoms with van der Waals surface area (Å²) in [6, 6.07) is 8.46. The van der Waals surface area contributed by atoms with Gasteiger partial charge in [-0.25, -0.2) is 0 Å². The normalized spacial score (nSPS) is 12.9. The summed E-state index contributed by atoms with van der Waals surface area (Å²) in [5.74, 6) is -1.31. The van der Waals surface area contributed by atoms with Crippen LogP contribution in [-0.4, -0.2) is 34.0 Å². The van der Waals surface area contributed by atoms with Gasteiger partial charge in [0.1, 0.15) is 0 Å². The molecule has 0 heterocycles. The second-order valence-electron chi connectivity index (χ2n) is 5.55. The number of rotatable bonds is 8. The van der Waals surface area contributed by atoms with Crippen LogP contribution in [0.25, 0.3) is 6.08 Å². The van der Waals surface area contributed by atoms with E-state index in [1.807, 2.05) is 0 Å². The van der Waals surface area contributed by atoms with Crippen LogP contribution in [0.4, 0.5) is 0 Å². The van der Waals surface area contributed by atoms with E-state index in [2.05, 4.69) is 15.5 Å². The summed E-state index contributed by atoms with van der Waals surface area (Å²) in [6.45, 7) is 6.09. The highest BCUT2D eigenvalue weighted by atomic mass is 32.3. The van der Waals surface area contributed by atoms with Crippen LogP contribution in [0.1, 0.15) is 19.4 Å². The zero-order chi connectivity index (χ0) is 18.4. The fourth-order valence-electron chi connectivity index (χ4n) is 1.78. The molecule has 0 aliphatic rings. The summed E-state index contributed by atoms with van der Waals surface area (Å²) >= 11 is 0. The fourth-order valence-corrected chi connectivity index (χ4v) is 4.59. The van der Waals surface area contributed by atoms with Crippen LogP contribution in [0.15, 0.2) is 48.4 Å². The first-order valence-corrected chi connectivity index (χ1v) is 9.86. The lowest BCUT2D eigenvalue weighted by Crippen LogP contribution is -2.48. The third-order valence-corrected chi connectivity index (χ3v) is 5.74. The van der Waals surface area contributed by atoms with Crippen molar-refractivity contribution in [2.75, 3.05) is 5.75 Å². The number of hydrogen-bond acceptors (Lipinski definition) is 6. The molecule has 1 amide bonds.